The maximum atomic E-state index is 12.1. The first kappa shape index (κ1) is 18.3. The van der Waals surface area contributed by atoms with Gasteiger partial charge < -0.3 is 14.8 Å². The maximum absolute atomic E-state index is 12.1. The molecule has 1 aromatic carbocycles. The van der Waals surface area contributed by atoms with Gasteiger partial charge in [0.25, 0.3) is 0 Å². The molecule has 5 nitrogen and oxygen atoms in total. The first-order valence-electron chi connectivity index (χ1n) is 7.07. The summed E-state index contributed by atoms with van der Waals surface area (Å²) in [6.07, 6.45) is 0.614. The van der Waals surface area contributed by atoms with Gasteiger partial charge in [-0.2, -0.15) is 0 Å². The average Bonchev–Trinajstić information content (AvgIpc) is 2.47. The van der Waals surface area contributed by atoms with Crippen molar-refractivity contribution in [3.63, 3.8) is 0 Å². The minimum Gasteiger partial charge on any atom is -0.497 e. The zero-order valence-corrected chi connectivity index (χ0v) is 14.1. The van der Waals surface area contributed by atoms with Crippen LogP contribution in [-0.4, -0.2) is 32.1 Å². The van der Waals surface area contributed by atoms with Crippen LogP contribution >= 0.6 is 11.6 Å². The van der Waals surface area contributed by atoms with Crippen LogP contribution in [0.5, 0.6) is 5.75 Å². The van der Waals surface area contributed by atoms with Gasteiger partial charge in [0.1, 0.15) is 11.8 Å². The predicted molar refractivity (Wildman–Crippen MR) is 85.1 cm³/mol. The Morgan fingerprint density at radius 1 is 1.27 bits per heavy atom. The van der Waals surface area contributed by atoms with Gasteiger partial charge >= 0.3 is 5.97 Å². The summed E-state index contributed by atoms with van der Waals surface area (Å²) in [7, 11) is 2.85. The molecule has 1 rings (SSSR count). The van der Waals surface area contributed by atoms with Crippen LogP contribution in [0.25, 0.3) is 0 Å². The number of hydrogen-bond donors (Lipinski definition) is 1. The molecule has 1 aromatic rings. The minimum absolute atomic E-state index is 0.0917. The van der Waals surface area contributed by atoms with Crippen LogP contribution in [0.2, 0.25) is 5.02 Å². The molecule has 1 atom stereocenters. The maximum Gasteiger partial charge on any atom is 0.328 e. The smallest absolute Gasteiger partial charge is 0.328 e. The molecule has 1 unspecified atom stereocenters. The van der Waals surface area contributed by atoms with Crippen molar-refractivity contribution in [2.75, 3.05) is 14.2 Å². The third-order valence-corrected chi connectivity index (χ3v) is 3.49. The van der Waals surface area contributed by atoms with E-state index in [1.165, 1.54) is 7.11 Å². The summed E-state index contributed by atoms with van der Waals surface area (Å²) in [5.41, 5.74) is 0.674. The quantitative estimate of drug-likeness (QED) is 0.782. The van der Waals surface area contributed by atoms with Crippen molar-refractivity contribution < 1.29 is 19.1 Å². The van der Waals surface area contributed by atoms with Gasteiger partial charge in [0.05, 0.1) is 20.6 Å². The largest absolute Gasteiger partial charge is 0.497 e. The Morgan fingerprint density at radius 3 is 2.45 bits per heavy atom. The zero-order valence-electron chi connectivity index (χ0n) is 13.3. The van der Waals surface area contributed by atoms with E-state index >= 15 is 0 Å². The molecule has 0 fully saturated rings. The number of hydrogen-bond acceptors (Lipinski definition) is 4. The molecule has 0 spiro atoms. The van der Waals surface area contributed by atoms with E-state index in [4.69, 9.17) is 21.1 Å². The number of benzene rings is 1. The van der Waals surface area contributed by atoms with Gasteiger partial charge in [-0.15, -0.1) is 0 Å². The first-order valence-corrected chi connectivity index (χ1v) is 7.44. The van der Waals surface area contributed by atoms with E-state index in [1.807, 2.05) is 13.8 Å². The molecule has 0 heterocycles. The lowest BCUT2D eigenvalue weighted by atomic mass is 10.0. The Balaban J connectivity index is 2.72. The van der Waals surface area contributed by atoms with E-state index in [-0.39, 0.29) is 18.2 Å². The summed E-state index contributed by atoms with van der Waals surface area (Å²) < 4.78 is 9.79. The molecule has 0 aliphatic carbocycles. The van der Waals surface area contributed by atoms with Crippen molar-refractivity contribution in [1.82, 2.24) is 5.32 Å². The van der Waals surface area contributed by atoms with Crippen LogP contribution in [-0.2, 0) is 20.7 Å². The molecule has 122 valence electrons. The van der Waals surface area contributed by atoms with E-state index in [0.717, 1.165) is 0 Å². The lowest BCUT2D eigenvalue weighted by Gasteiger charge is -2.18. The number of carbonyl (C=O) groups is 2. The summed E-state index contributed by atoms with van der Waals surface area (Å²) in [4.78, 5) is 23.8. The molecule has 0 saturated carbocycles. The van der Waals surface area contributed by atoms with E-state index in [1.54, 1.807) is 25.3 Å². The third-order valence-electron chi connectivity index (χ3n) is 3.14. The van der Waals surface area contributed by atoms with Crippen LogP contribution in [0.15, 0.2) is 18.2 Å². The molecule has 22 heavy (non-hydrogen) atoms. The summed E-state index contributed by atoms with van der Waals surface area (Å²) in [5.74, 6) is 0.168. The molecule has 0 radical (unpaired) electrons. The van der Waals surface area contributed by atoms with Gasteiger partial charge in [-0.05, 0) is 30.0 Å². The average molecular weight is 328 g/mol. The van der Waals surface area contributed by atoms with Crippen LogP contribution in [0.4, 0.5) is 0 Å². The predicted octanol–water partition coefficient (Wildman–Crippen LogP) is 2.60. The van der Waals surface area contributed by atoms with E-state index in [0.29, 0.717) is 22.8 Å². The number of ether oxygens (including phenoxy) is 2. The number of carbonyl (C=O) groups excluding carboxylic acids is 2. The molecule has 1 N–H and O–H groups in total. The second kappa shape index (κ2) is 8.63. The SMILES string of the molecule is COC(=O)C(CC(C)C)NC(=O)Cc1ccc(OC)cc1Cl. The highest BCUT2D eigenvalue weighted by molar-refractivity contribution is 6.31. The monoisotopic (exact) mass is 327 g/mol. The Hall–Kier alpha value is -1.75. The summed E-state index contributed by atoms with van der Waals surface area (Å²) in [6, 6.07) is 4.47. The number of methoxy groups -OCH3 is 2. The molecular weight excluding hydrogens is 306 g/mol. The van der Waals surface area contributed by atoms with Crippen LogP contribution in [0, 0.1) is 5.92 Å². The highest BCUT2D eigenvalue weighted by Crippen LogP contribution is 2.22. The number of halogens is 1. The van der Waals surface area contributed by atoms with E-state index < -0.39 is 12.0 Å². The highest BCUT2D eigenvalue weighted by Gasteiger charge is 2.22. The van der Waals surface area contributed by atoms with Gasteiger partial charge in [0.2, 0.25) is 5.91 Å². The molecule has 0 aliphatic heterocycles. The summed E-state index contributed by atoms with van der Waals surface area (Å²) in [6.45, 7) is 3.95. The number of amides is 1. The van der Waals surface area contributed by atoms with Crippen molar-refractivity contribution in [3.05, 3.63) is 28.8 Å². The number of rotatable bonds is 7. The fraction of sp³-hybridized carbons (Fsp3) is 0.500. The van der Waals surface area contributed by atoms with Crippen molar-refractivity contribution in [3.8, 4) is 5.75 Å². The van der Waals surface area contributed by atoms with Gasteiger partial charge in [-0.1, -0.05) is 31.5 Å². The topological polar surface area (TPSA) is 64.6 Å². The molecule has 0 aromatic heterocycles. The highest BCUT2D eigenvalue weighted by atomic mass is 35.5. The lowest BCUT2D eigenvalue weighted by Crippen LogP contribution is -2.43. The van der Waals surface area contributed by atoms with Gasteiger partial charge in [0.15, 0.2) is 0 Å². The fourth-order valence-electron chi connectivity index (χ4n) is 2.04. The first-order chi connectivity index (χ1) is 10.4. The van der Waals surface area contributed by atoms with E-state index in [2.05, 4.69) is 5.32 Å². The number of nitrogens with one attached hydrogen (secondary N) is 1. The standard InChI is InChI=1S/C16H22ClNO4/c1-10(2)7-14(16(20)22-4)18-15(19)8-11-5-6-12(21-3)9-13(11)17/h5-6,9-10,14H,7-8H2,1-4H3,(H,18,19). The third kappa shape index (κ3) is 5.56. The Labute approximate surface area is 135 Å². The Morgan fingerprint density at radius 2 is 1.95 bits per heavy atom. The number of esters is 1. The minimum atomic E-state index is -0.644. The van der Waals surface area contributed by atoms with Gasteiger partial charge in [-0.25, -0.2) is 4.79 Å². The van der Waals surface area contributed by atoms with Crippen LogP contribution in [0.3, 0.4) is 0 Å². The van der Waals surface area contributed by atoms with Gasteiger partial charge in [-0.3, -0.25) is 4.79 Å². The van der Waals surface area contributed by atoms with Crippen molar-refractivity contribution in [2.24, 2.45) is 5.92 Å². The molecule has 6 heteroatoms. The molecule has 1 amide bonds. The fourth-order valence-corrected chi connectivity index (χ4v) is 2.28. The van der Waals surface area contributed by atoms with Crippen LogP contribution < -0.4 is 10.1 Å². The zero-order chi connectivity index (χ0) is 16.7. The lowest BCUT2D eigenvalue weighted by molar-refractivity contribution is -0.145. The second-order valence-electron chi connectivity index (χ2n) is 5.41. The van der Waals surface area contributed by atoms with Crippen molar-refractivity contribution in [1.29, 1.82) is 0 Å². The van der Waals surface area contributed by atoms with Gasteiger partial charge in [0, 0.05) is 5.02 Å². The Bertz CT molecular complexity index is 531. The summed E-state index contributed by atoms with van der Waals surface area (Å²) in [5, 5.41) is 3.15. The summed E-state index contributed by atoms with van der Waals surface area (Å²) >= 11 is 6.11. The van der Waals surface area contributed by atoms with Crippen molar-refractivity contribution >= 4 is 23.5 Å². The normalized spacial score (nSPS) is 11.9. The van der Waals surface area contributed by atoms with Crippen LogP contribution in [0.1, 0.15) is 25.8 Å². The van der Waals surface area contributed by atoms with E-state index in [9.17, 15) is 9.59 Å². The molecule has 0 saturated heterocycles. The Kier molecular flexibility index (Phi) is 7.18. The molecular formula is C16H22ClNO4. The second-order valence-corrected chi connectivity index (χ2v) is 5.81. The molecule has 0 aliphatic rings. The van der Waals surface area contributed by atoms with Crippen molar-refractivity contribution in [2.45, 2.75) is 32.7 Å². The molecule has 0 bridgehead atoms.